The van der Waals surface area contributed by atoms with Crippen LogP contribution >= 0.6 is 0 Å². The van der Waals surface area contributed by atoms with Gasteiger partial charge in [-0.15, -0.1) is 0 Å². The average Bonchev–Trinajstić information content (AvgIpc) is 2.77. The molecule has 1 amide bonds. The lowest BCUT2D eigenvalue weighted by Gasteiger charge is -2.35. The molecule has 9 nitrogen and oxygen atoms in total. The van der Waals surface area contributed by atoms with E-state index < -0.39 is 0 Å². The highest BCUT2D eigenvalue weighted by Gasteiger charge is 2.24. The Morgan fingerprint density at radius 3 is 2.18 bits per heavy atom. The van der Waals surface area contributed by atoms with Crippen molar-refractivity contribution >= 4 is 11.7 Å². The fraction of sp³-hybridized carbons (Fsp3) is 0.421. The Hall–Kier alpha value is -3.23. The monoisotopic (exact) mass is 388 g/mol. The molecular formula is C19H24N4O5. The first-order valence-electron chi connectivity index (χ1n) is 8.83. The van der Waals surface area contributed by atoms with Gasteiger partial charge in [-0.25, -0.2) is 0 Å². The molecule has 0 aliphatic carbocycles. The van der Waals surface area contributed by atoms with E-state index in [1.165, 1.54) is 7.11 Å². The minimum Gasteiger partial charge on any atom is -0.493 e. The first kappa shape index (κ1) is 19.5. The number of rotatable bonds is 6. The lowest BCUT2D eigenvalue weighted by Crippen LogP contribution is -2.49. The van der Waals surface area contributed by atoms with Crippen molar-refractivity contribution in [3.63, 3.8) is 0 Å². The normalized spacial score (nSPS) is 13.9. The van der Waals surface area contributed by atoms with E-state index in [9.17, 15) is 4.79 Å². The summed E-state index contributed by atoms with van der Waals surface area (Å²) in [5.74, 6) is 2.23. The Bertz CT molecular complexity index is 815. The van der Waals surface area contributed by atoms with Gasteiger partial charge in [-0.1, -0.05) is 0 Å². The van der Waals surface area contributed by atoms with Gasteiger partial charge in [0.25, 0.3) is 5.91 Å². The van der Waals surface area contributed by atoms with Crippen LogP contribution in [-0.4, -0.2) is 75.4 Å². The van der Waals surface area contributed by atoms with Crippen LogP contribution in [0.2, 0.25) is 0 Å². The number of carbonyl (C=O) groups is 1. The number of aromatic nitrogens is 2. The fourth-order valence-corrected chi connectivity index (χ4v) is 3.04. The number of ether oxygens (including phenoxy) is 4. The number of methoxy groups -OCH3 is 4. The number of benzene rings is 1. The number of nitrogens with zero attached hydrogens (tertiary/aromatic N) is 4. The molecule has 1 fully saturated rings. The summed E-state index contributed by atoms with van der Waals surface area (Å²) in [6.07, 6.45) is 0. The highest BCUT2D eigenvalue weighted by Crippen LogP contribution is 2.28. The summed E-state index contributed by atoms with van der Waals surface area (Å²) in [6, 6.07) is 7.19. The molecule has 2 heterocycles. The zero-order valence-corrected chi connectivity index (χ0v) is 16.5. The van der Waals surface area contributed by atoms with Crippen LogP contribution in [0.5, 0.6) is 23.4 Å². The van der Waals surface area contributed by atoms with Crippen LogP contribution in [0, 0.1) is 0 Å². The maximum atomic E-state index is 12.9. The van der Waals surface area contributed by atoms with Crippen molar-refractivity contribution in [2.45, 2.75) is 0 Å². The highest BCUT2D eigenvalue weighted by molar-refractivity contribution is 5.95. The quantitative estimate of drug-likeness (QED) is 0.735. The van der Waals surface area contributed by atoms with Crippen molar-refractivity contribution in [1.29, 1.82) is 0 Å². The molecular weight excluding hydrogens is 364 g/mol. The van der Waals surface area contributed by atoms with E-state index in [2.05, 4.69) is 14.9 Å². The van der Waals surface area contributed by atoms with Crippen LogP contribution in [0.15, 0.2) is 24.3 Å². The van der Waals surface area contributed by atoms with E-state index in [0.29, 0.717) is 54.9 Å². The van der Waals surface area contributed by atoms with Gasteiger partial charge in [-0.05, 0) is 18.2 Å². The smallest absolute Gasteiger partial charge is 0.321 e. The zero-order valence-electron chi connectivity index (χ0n) is 16.5. The molecule has 1 saturated heterocycles. The van der Waals surface area contributed by atoms with Gasteiger partial charge in [-0.2, -0.15) is 9.97 Å². The SMILES string of the molecule is COc1cc(N2CCN(C(=O)c3ccc(OC)c(OC)c3)CC2)nc(OC)n1. The van der Waals surface area contributed by atoms with Crippen molar-refractivity contribution in [1.82, 2.24) is 14.9 Å². The highest BCUT2D eigenvalue weighted by atomic mass is 16.5. The Balaban J connectivity index is 1.69. The summed E-state index contributed by atoms with van der Waals surface area (Å²) < 4.78 is 20.9. The van der Waals surface area contributed by atoms with E-state index in [0.717, 1.165) is 0 Å². The fourth-order valence-electron chi connectivity index (χ4n) is 3.04. The first-order chi connectivity index (χ1) is 13.6. The number of carbonyl (C=O) groups excluding carboxylic acids is 1. The number of piperazine rings is 1. The molecule has 0 spiro atoms. The van der Waals surface area contributed by atoms with Crippen LogP contribution in [0.4, 0.5) is 5.82 Å². The Labute approximate surface area is 163 Å². The maximum Gasteiger partial charge on any atom is 0.321 e. The third kappa shape index (κ3) is 4.03. The molecule has 0 atom stereocenters. The van der Waals surface area contributed by atoms with Crippen molar-refractivity contribution in [3.05, 3.63) is 29.8 Å². The molecule has 0 radical (unpaired) electrons. The van der Waals surface area contributed by atoms with Gasteiger partial charge in [0.05, 0.1) is 28.4 Å². The summed E-state index contributed by atoms with van der Waals surface area (Å²) in [5, 5.41) is 0. The van der Waals surface area contributed by atoms with Crippen molar-refractivity contribution in [3.8, 4) is 23.4 Å². The molecule has 0 bridgehead atoms. The predicted molar refractivity (Wildman–Crippen MR) is 103 cm³/mol. The van der Waals surface area contributed by atoms with Crippen LogP contribution in [0.1, 0.15) is 10.4 Å². The maximum absolute atomic E-state index is 12.9. The van der Waals surface area contributed by atoms with Crippen molar-refractivity contribution in [2.24, 2.45) is 0 Å². The molecule has 0 N–H and O–H groups in total. The van der Waals surface area contributed by atoms with Gasteiger partial charge in [0.2, 0.25) is 5.88 Å². The summed E-state index contributed by atoms with van der Waals surface area (Å²) >= 11 is 0. The third-order valence-electron chi connectivity index (χ3n) is 4.58. The van der Waals surface area contributed by atoms with Crippen LogP contribution in [0.25, 0.3) is 0 Å². The number of hydrogen-bond acceptors (Lipinski definition) is 8. The lowest BCUT2D eigenvalue weighted by atomic mass is 10.1. The third-order valence-corrected chi connectivity index (χ3v) is 4.58. The molecule has 28 heavy (non-hydrogen) atoms. The lowest BCUT2D eigenvalue weighted by molar-refractivity contribution is 0.0746. The Kier molecular flexibility index (Phi) is 6.03. The molecule has 0 unspecified atom stereocenters. The second-order valence-electron chi connectivity index (χ2n) is 6.10. The summed E-state index contributed by atoms with van der Waals surface area (Å²) in [6.45, 7) is 2.42. The second kappa shape index (κ2) is 8.64. The van der Waals surface area contributed by atoms with E-state index in [4.69, 9.17) is 18.9 Å². The minimum atomic E-state index is -0.0431. The molecule has 3 rings (SSSR count). The van der Waals surface area contributed by atoms with Gasteiger partial charge in [-0.3, -0.25) is 4.79 Å². The zero-order chi connectivity index (χ0) is 20.1. The van der Waals surface area contributed by atoms with Gasteiger partial charge in [0.15, 0.2) is 11.5 Å². The molecule has 1 aromatic heterocycles. The van der Waals surface area contributed by atoms with E-state index in [1.807, 2.05) is 4.90 Å². The average molecular weight is 388 g/mol. The summed E-state index contributed by atoms with van der Waals surface area (Å²) in [7, 11) is 6.18. The van der Waals surface area contributed by atoms with Crippen LogP contribution in [0.3, 0.4) is 0 Å². The standard InChI is InChI=1S/C19H24N4O5/c1-25-14-6-5-13(11-15(14)26-2)18(24)23-9-7-22(8-10-23)16-12-17(27-3)21-19(20-16)28-4/h5-6,11-12H,7-10H2,1-4H3. The van der Waals surface area contributed by atoms with E-state index in [1.54, 1.807) is 45.6 Å². The molecule has 2 aromatic rings. The first-order valence-corrected chi connectivity index (χ1v) is 8.83. The number of anilines is 1. The largest absolute Gasteiger partial charge is 0.493 e. The predicted octanol–water partition coefficient (Wildman–Crippen LogP) is 1.47. The number of hydrogen-bond donors (Lipinski definition) is 0. The van der Waals surface area contributed by atoms with Gasteiger partial charge in [0, 0.05) is 37.8 Å². The van der Waals surface area contributed by atoms with Crippen LogP contribution < -0.4 is 23.8 Å². The van der Waals surface area contributed by atoms with Gasteiger partial charge < -0.3 is 28.7 Å². The summed E-state index contributed by atoms with van der Waals surface area (Å²) in [5.41, 5.74) is 0.566. The van der Waals surface area contributed by atoms with Crippen molar-refractivity contribution < 1.29 is 23.7 Å². The topological polar surface area (TPSA) is 86.3 Å². The van der Waals surface area contributed by atoms with Gasteiger partial charge in [0.1, 0.15) is 5.82 Å². The van der Waals surface area contributed by atoms with Gasteiger partial charge >= 0.3 is 6.01 Å². The molecule has 0 saturated carbocycles. The van der Waals surface area contributed by atoms with Crippen molar-refractivity contribution in [2.75, 3.05) is 59.5 Å². The van der Waals surface area contributed by atoms with E-state index in [-0.39, 0.29) is 11.9 Å². The molecule has 9 heteroatoms. The van der Waals surface area contributed by atoms with Crippen LogP contribution in [-0.2, 0) is 0 Å². The molecule has 1 aliphatic rings. The Morgan fingerprint density at radius 1 is 0.857 bits per heavy atom. The molecule has 150 valence electrons. The number of amides is 1. The minimum absolute atomic E-state index is 0.0431. The molecule has 1 aromatic carbocycles. The second-order valence-corrected chi connectivity index (χ2v) is 6.10. The van der Waals surface area contributed by atoms with E-state index >= 15 is 0 Å². The molecule has 1 aliphatic heterocycles. The summed E-state index contributed by atoms with van der Waals surface area (Å²) in [4.78, 5) is 25.2. The Morgan fingerprint density at radius 2 is 1.57 bits per heavy atom.